The summed E-state index contributed by atoms with van der Waals surface area (Å²) in [6.45, 7) is 7.87. The van der Waals surface area contributed by atoms with Crippen molar-refractivity contribution in [3.05, 3.63) is 35.4 Å². The second-order valence-corrected chi connectivity index (χ2v) is 5.67. The molecule has 1 atom stereocenters. The monoisotopic (exact) mass is 246 g/mol. The van der Waals surface area contributed by atoms with E-state index in [0.29, 0.717) is 0 Å². The molecule has 0 bridgehead atoms. The van der Waals surface area contributed by atoms with E-state index >= 15 is 0 Å². The van der Waals surface area contributed by atoms with Crippen LogP contribution >= 0.6 is 0 Å². The first kappa shape index (κ1) is 13.6. The van der Waals surface area contributed by atoms with E-state index in [0.717, 1.165) is 12.5 Å². The molecule has 0 amide bonds. The molecule has 1 saturated heterocycles. The zero-order valence-electron chi connectivity index (χ0n) is 11.7. The van der Waals surface area contributed by atoms with Gasteiger partial charge in [0.25, 0.3) is 0 Å². The lowest BCUT2D eigenvalue weighted by molar-refractivity contribution is 0.173. The number of aryl methyl sites for hydroxylation is 1. The Kier molecular flexibility index (Phi) is 4.79. The number of hydrogen-bond donors (Lipinski definition) is 1. The summed E-state index contributed by atoms with van der Waals surface area (Å²) in [6.07, 6.45) is 4.02. The highest BCUT2D eigenvalue weighted by Crippen LogP contribution is 2.22. The summed E-state index contributed by atoms with van der Waals surface area (Å²) in [5, 5.41) is 0. The summed E-state index contributed by atoms with van der Waals surface area (Å²) in [7, 11) is 0. The van der Waals surface area contributed by atoms with Gasteiger partial charge in [-0.25, -0.2) is 0 Å². The third-order valence-electron chi connectivity index (χ3n) is 4.21. The molecule has 0 aliphatic carbocycles. The van der Waals surface area contributed by atoms with Crippen molar-refractivity contribution in [2.24, 2.45) is 11.7 Å². The molecule has 1 aromatic rings. The quantitative estimate of drug-likeness (QED) is 0.884. The van der Waals surface area contributed by atoms with Gasteiger partial charge in [0, 0.05) is 12.6 Å². The Morgan fingerprint density at radius 3 is 2.67 bits per heavy atom. The van der Waals surface area contributed by atoms with Crippen molar-refractivity contribution in [3.63, 3.8) is 0 Å². The van der Waals surface area contributed by atoms with Crippen molar-refractivity contribution < 1.29 is 0 Å². The highest BCUT2D eigenvalue weighted by Gasteiger charge is 2.19. The fourth-order valence-electron chi connectivity index (χ4n) is 2.86. The molecule has 100 valence electrons. The molecule has 1 heterocycles. The Balaban J connectivity index is 1.86. The molecule has 1 unspecified atom stereocenters. The Labute approximate surface area is 111 Å². The fraction of sp³-hybridized carbons (Fsp3) is 0.625. The smallest absolute Gasteiger partial charge is 0.0424 e. The summed E-state index contributed by atoms with van der Waals surface area (Å²) in [4.78, 5) is 2.53. The summed E-state index contributed by atoms with van der Waals surface area (Å²) in [5.74, 6) is 0.941. The van der Waals surface area contributed by atoms with Crippen molar-refractivity contribution >= 4 is 0 Å². The van der Waals surface area contributed by atoms with Crippen LogP contribution in [0.15, 0.2) is 24.3 Å². The lowest BCUT2D eigenvalue weighted by Gasteiger charge is -2.33. The zero-order valence-corrected chi connectivity index (χ0v) is 11.7. The van der Waals surface area contributed by atoms with Crippen LogP contribution in [0, 0.1) is 12.8 Å². The Morgan fingerprint density at radius 2 is 2.06 bits per heavy atom. The lowest BCUT2D eigenvalue weighted by atomic mass is 9.94. The van der Waals surface area contributed by atoms with Crippen LogP contribution in [0.1, 0.15) is 43.4 Å². The minimum atomic E-state index is 0.156. The van der Waals surface area contributed by atoms with Gasteiger partial charge in [0.05, 0.1) is 0 Å². The van der Waals surface area contributed by atoms with Gasteiger partial charge in [-0.1, -0.05) is 43.2 Å². The second-order valence-electron chi connectivity index (χ2n) is 5.67. The second kappa shape index (κ2) is 6.35. The third kappa shape index (κ3) is 3.56. The maximum atomic E-state index is 6.32. The standard InChI is InChI=1S/C16H26N2/c1-3-14-7-9-18(10-8-14)12-16(17)15-6-4-5-13(2)11-15/h4-6,11,14,16H,3,7-10,12,17H2,1-2H3. The van der Waals surface area contributed by atoms with E-state index in [4.69, 9.17) is 5.73 Å². The predicted molar refractivity (Wildman–Crippen MR) is 77.6 cm³/mol. The lowest BCUT2D eigenvalue weighted by Crippen LogP contribution is -2.38. The number of nitrogens with zero attached hydrogens (tertiary/aromatic N) is 1. The van der Waals surface area contributed by atoms with Gasteiger partial charge in [0.1, 0.15) is 0 Å². The molecule has 2 heteroatoms. The first-order chi connectivity index (χ1) is 8.69. The molecule has 0 radical (unpaired) electrons. The van der Waals surface area contributed by atoms with Gasteiger partial charge in [-0.2, -0.15) is 0 Å². The average molecular weight is 246 g/mol. The molecule has 1 aliphatic heterocycles. The van der Waals surface area contributed by atoms with Gasteiger partial charge >= 0.3 is 0 Å². The van der Waals surface area contributed by atoms with Crippen LogP contribution in [0.3, 0.4) is 0 Å². The number of benzene rings is 1. The molecule has 0 spiro atoms. The number of likely N-dealkylation sites (tertiary alicyclic amines) is 1. The van der Waals surface area contributed by atoms with Crippen LogP contribution in [0.25, 0.3) is 0 Å². The molecule has 18 heavy (non-hydrogen) atoms. The van der Waals surface area contributed by atoms with Crippen molar-refractivity contribution in [3.8, 4) is 0 Å². The number of hydrogen-bond acceptors (Lipinski definition) is 2. The molecule has 2 N–H and O–H groups in total. The topological polar surface area (TPSA) is 29.3 Å². The Hall–Kier alpha value is -0.860. The molecular weight excluding hydrogens is 220 g/mol. The molecule has 1 aromatic carbocycles. The van der Waals surface area contributed by atoms with Crippen molar-refractivity contribution in [2.45, 2.75) is 39.2 Å². The van der Waals surface area contributed by atoms with E-state index in [9.17, 15) is 0 Å². The number of piperidine rings is 1. The van der Waals surface area contributed by atoms with E-state index in [2.05, 4.69) is 43.0 Å². The largest absolute Gasteiger partial charge is 0.323 e. The fourth-order valence-corrected chi connectivity index (χ4v) is 2.86. The molecule has 1 aliphatic rings. The third-order valence-corrected chi connectivity index (χ3v) is 4.21. The molecule has 0 saturated carbocycles. The zero-order chi connectivity index (χ0) is 13.0. The highest BCUT2D eigenvalue weighted by molar-refractivity contribution is 5.25. The van der Waals surface area contributed by atoms with Crippen LogP contribution in [-0.2, 0) is 0 Å². The van der Waals surface area contributed by atoms with Crippen molar-refractivity contribution in [1.29, 1.82) is 0 Å². The predicted octanol–water partition coefficient (Wildman–Crippen LogP) is 3.12. The summed E-state index contributed by atoms with van der Waals surface area (Å²) < 4.78 is 0. The van der Waals surface area contributed by atoms with Gasteiger partial charge in [0.2, 0.25) is 0 Å². The van der Waals surface area contributed by atoms with Crippen LogP contribution in [0.5, 0.6) is 0 Å². The maximum absolute atomic E-state index is 6.32. The van der Waals surface area contributed by atoms with Gasteiger partial charge in [-0.3, -0.25) is 0 Å². The van der Waals surface area contributed by atoms with Crippen molar-refractivity contribution in [2.75, 3.05) is 19.6 Å². The molecule has 2 nitrogen and oxygen atoms in total. The van der Waals surface area contributed by atoms with E-state index in [-0.39, 0.29) is 6.04 Å². The van der Waals surface area contributed by atoms with Crippen LogP contribution in [-0.4, -0.2) is 24.5 Å². The van der Waals surface area contributed by atoms with E-state index in [1.165, 1.54) is 43.5 Å². The van der Waals surface area contributed by atoms with E-state index in [1.807, 2.05) is 0 Å². The number of rotatable bonds is 4. The summed E-state index contributed by atoms with van der Waals surface area (Å²) in [5.41, 5.74) is 8.89. The minimum Gasteiger partial charge on any atom is -0.323 e. The first-order valence-corrected chi connectivity index (χ1v) is 7.23. The van der Waals surface area contributed by atoms with Crippen LogP contribution in [0.2, 0.25) is 0 Å². The SMILES string of the molecule is CCC1CCN(CC(N)c2cccc(C)c2)CC1. The van der Waals surface area contributed by atoms with E-state index < -0.39 is 0 Å². The first-order valence-electron chi connectivity index (χ1n) is 7.23. The minimum absolute atomic E-state index is 0.156. The van der Waals surface area contributed by atoms with E-state index in [1.54, 1.807) is 0 Å². The van der Waals surface area contributed by atoms with Gasteiger partial charge in [-0.05, 0) is 44.3 Å². The molecule has 2 rings (SSSR count). The maximum Gasteiger partial charge on any atom is 0.0424 e. The van der Waals surface area contributed by atoms with Crippen molar-refractivity contribution in [1.82, 2.24) is 4.90 Å². The molecular formula is C16H26N2. The van der Waals surface area contributed by atoms with Crippen LogP contribution in [0.4, 0.5) is 0 Å². The summed E-state index contributed by atoms with van der Waals surface area (Å²) >= 11 is 0. The van der Waals surface area contributed by atoms with Crippen LogP contribution < -0.4 is 5.73 Å². The van der Waals surface area contributed by atoms with Gasteiger partial charge < -0.3 is 10.6 Å². The Bertz CT molecular complexity index is 367. The molecule has 0 aromatic heterocycles. The van der Waals surface area contributed by atoms with Gasteiger partial charge in [-0.15, -0.1) is 0 Å². The normalized spacial score (nSPS) is 19.9. The summed E-state index contributed by atoms with van der Waals surface area (Å²) in [6, 6.07) is 8.75. The Morgan fingerprint density at radius 1 is 1.33 bits per heavy atom. The van der Waals surface area contributed by atoms with Gasteiger partial charge in [0.15, 0.2) is 0 Å². The average Bonchev–Trinajstić information content (AvgIpc) is 2.39. The number of nitrogens with two attached hydrogens (primary N) is 1. The molecule has 1 fully saturated rings. The highest BCUT2D eigenvalue weighted by atomic mass is 15.1.